The second-order valence-corrected chi connectivity index (χ2v) is 5.64. The highest BCUT2D eigenvalue weighted by molar-refractivity contribution is 7.09. The fourth-order valence-electron chi connectivity index (χ4n) is 2.38. The molecule has 17 heavy (non-hydrogen) atoms. The molecule has 1 aromatic rings. The second kappa shape index (κ2) is 6.47. The number of thiazole rings is 1. The lowest BCUT2D eigenvalue weighted by Gasteiger charge is -2.15. The van der Waals surface area contributed by atoms with Crippen molar-refractivity contribution >= 4 is 11.3 Å². The minimum Gasteiger partial charge on any atom is -0.377 e. The summed E-state index contributed by atoms with van der Waals surface area (Å²) in [5, 5.41) is 3.50. The van der Waals surface area contributed by atoms with E-state index in [1.54, 1.807) is 11.3 Å². The Hall–Kier alpha value is -0.450. The van der Waals surface area contributed by atoms with Crippen LogP contribution in [-0.2, 0) is 4.74 Å². The molecule has 4 heteroatoms. The summed E-state index contributed by atoms with van der Waals surface area (Å²) in [4.78, 5) is 5.61. The molecular weight excluding hydrogens is 232 g/mol. The van der Waals surface area contributed by atoms with Gasteiger partial charge in [0.25, 0.3) is 0 Å². The molecule has 1 N–H and O–H groups in total. The summed E-state index contributed by atoms with van der Waals surface area (Å²) in [5.74, 6) is 0. The number of aryl methyl sites for hydroxylation is 1. The van der Waals surface area contributed by atoms with Crippen molar-refractivity contribution in [3.8, 4) is 0 Å². The van der Waals surface area contributed by atoms with Crippen LogP contribution in [0.15, 0.2) is 5.51 Å². The standard InChI is InChI=1S/C13H22N2OS/c1-10(13-11(2)15-9-17-13)14-7-8-16-12-5-3-4-6-12/h9-10,12,14H,3-8H2,1-2H3. The molecule has 0 amide bonds. The van der Waals surface area contributed by atoms with Crippen LogP contribution in [0.4, 0.5) is 0 Å². The Morgan fingerprint density at radius 3 is 2.94 bits per heavy atom. The first-order chi connectivity index (χ1) is 8.27. The number of hydrogen-bond donors (Lipinski definition) is 1. The van der Waals surface area contributed by atoms with Crippen molar-refractivity contribution in [3.05, 3.63) is 16.1 Å². The highest BCUT2D eigenvalue weighted by atomic mass is 32.1. The maximum atomic E-state index is 5.83. The number of nitrogens with one attached hydrogen (secondary N) is 1. The van der Waals surface area contributed by atoms with Gasteiger partial charge in [-0.1, -0.05) is 12.8 Å². The SMILES string of the molecule is Cc1ncsc1C(C)NCCOC1CCCC1. The zero-order valence-electron chi connectivity index (χ0n) is 10.7. The molecule has 0 saturated heterocycles. The molecule has 96 valence electrons. The molecule has 0 radical (unpaired) electrons. The molecule has 1 atom stereocenters. The molecule has 1 aliphatic rings. The van der Waals surface area contributed by atoms with Crippen molar-refractivity contribution in [1.29, 1.82) is 0 Å². The first kappa shape index (κ1) is 13.0. The average Bonchev–Trinajstić information content (AvgIpc) is 2.95. The summed E-state index contributed by atoms with van der Waals surface area (Å²) >= 11 is 1.73. The Morgan fingerprint density at radius 2 is 2.29 bits per heavy atom. The predicted octanol–water partition coefficient (Wildman–Crippen LogP) is 3.06. The molecule has 0 aromatic carbocycles. The Balaban J connectivity index is 1.63. The van der Waals surface area contributed by atoms with E-state index >= 15 is 0 Å². The van der Waals surface area contributed by atoms with Gasteiger partial charge < -0.3 is 10.1 Å². The summed E-state index contributed by atoms with van der Waals surface area (Å²) in [6.07, 6.45) is 5.72. The first-order valence-electron chi connectivity index (χ1n) is 6.52. The van der Waals surface area contributed by atoms with Crippen LogP contribution in [0.25, 0.3) is 0 Å². The van der Waals surface area contributed by atoms with Crippen LogP contribution in [0.2, 0.25) is 0 Å². The van der Waals surface area contributed by atoms with E-state index in [4.69, 9.17) is 4.74 Å². The molecule has 1 heterocycles. The van der Waals surface area contributed by atoms with E-state index in [0.29, 0.717) is 12.1 Å². The van der Waals surface area contributed by atoms with Gasteiger partial charge in [-0.3, -0.25) is 0 Å². The van der Waals surface area contributed by atoms with E-state index < -0.39 is 0 Å². The number of hydrogen-bond acceptors (Lipinski definition) is 4. The number of ether oxygens (including phenoxy) is 1. The third-order valence-corrected chi connectivity index (χ3v) is 4.50. The molecule has 1 aliphatic carbocycles. The molecule has 3 nitrogen and oxygen atoms in total. The molecule has 2 rings (SSSR count). The van der Waals surface area contributed by atoms with Crippen molar-refractivity contribution < 1.29 is 4.74 Å². The lowest BCUT2D eigenvalue weighted by atomic mass is 10.2. The largest absolute Gasteiger partial charge is 0.377 e. The zero-order valence-corrected chi connectivity index (χ0v) is 11.6. The monoisotopic (exact) mass is 254 g/mol. The van der Waals surface area contributed by atoms with Gasteiger partial charge in [0.05, 0.1) is 23.9 Å². The van der Waals surface area contributed by atoms with Gasteiger partial charge in [-0.05, 0) is 26.7 Å². The molecule has 0 spiro atoms. The van der Waals surface area contributed by atoms with E-state index in [0.717, 1.165) is 18.8 Å². The second-order valence-electron chi connectivity index (χ2n) is 4.76. The lowest BCUT2D eigenvalue weighted by Crippen LogP contribution is -2.24. The number of aromatic nitrogens is 1. The third-order valence-electron chi connectivity index (χ3n) is 3.38. The van der Waals surface area contributed by atoms with E-state index in [9.17, 15) is 0 Å². The maximum Gasteiger partial charge on any atom is 0.0798 e. The van der Waals surface area contributed by atoms with Gasteiger partial charge in [0, 0.05) is 17.5 Å². The summed E-state index contributed by atoms with van der Waals surface area (Å²) in [7, 11) is 0. The van der Waals surface area contributed by atoms with Crippen LogP contribution in [-0.4, -0.2) is 24.2 Å². The average molecular weight is 254 g/mol. The van der Waals surface area contributed by atoms with Crippen LogP contribution >= 0.6 is 11.3 Å². The van der Waals surface area contributed by atoms with Gasteiger partial charge in [-0.15, -0.1) is 11.3 Å². The van der Waals surface area contributed by atoms with E-state index in [-0.39, 0.29) is 0 Å². The van der Waals surface area contributed by atoms with Gasteiger partial charge in [0.1, 0.15) is 0 Å². The normalized spacial score (nSPS) is 18.7. The van der Waals surface area contributed by atoms with Crippen LogP contribution < -0.4 is 5.32 Å². The van der Waals surface area contributed by atoms with Crippen molar-refractivity contribution in [2.75, 3.05) is 13.2 Å². The molecule has 1 fully saturated rings. The molecule has 1 unspecified atom stereocenters. The maximum absolute atomic E-state index is 5.83. The molecule has 1 saturated carbocycles. The first-order valence-corrected chi connectivity index (χ1v) is 7.40. The van der Waals surface area contributed by atoms with Gasteiger partial charge >= 0.3 is 0 Å². The minimum absolute atomic E-state index is 0.384. The highest BCUT2D eigenvalue weighted by Gasteiger charge is 2.15. The van der Waals surface area contributed by atoms with Crippen molar-refractivity contribution in [2.24, 2.45) is 0 Å². The topological polar surface area (TPSA) is 34.2 Å². The van der Waals surface area contributed by atoms with Gasteiger partial charge in [0.15, 0.2) is 0 Å². The minimum atomic E-state index is 0.384. The molecule has 1 aromatic heterocycles. The Morgan fingerprint density at radius 1 is 1.53 bits per heavy atom. The predicted molar refractivity (Wildman–Crippen MR) is 71.5 cm³/mol. The van der Waals surface area contributed by atoms with E-state index in [1.807, 2.05) is 5.51 Å². The highest BCUT2D eigenvalue weighted by Crippen LogP contribution is 2.22. The van der Waals surface area contributed by atoms with Crippen LogP contribution in [0.5, 0.6) is 0 Å². The Kier molecular flexibility index (Phi) is 4.95. The van der Waals surface area contributed by atoms with Crippen molar-refractivity contribution in [3.63, 3.8) is 0 Å². The van der Waals surface area contributed by atoms with Crippen LogP contribution in [0.3, 0.4) is 0 Å². The Bertz CT molecular complexity index is 334. The smallest absolute Gasteiger partial charge is 0.0798 e. The summed E-state index contributed by atoms with van der Waals surface area (Å²) < 4.78 is 5.83. The summed E-state index contributed by atoms with van der Waals surface area (Å²) in [6, 6.07) is 0.384. The quantitative estimate of drug-likeness (QED) is 0.792. The van der Waals surface area contributed by atoms with Gasteiger partial charge in [-0.25, -0.2) is 4.98 Å². The van der Waals surface area contributed by atoms with Crippen LogP contribution in [0.1, 0.15) is 49.2 Å². The fraction of sp³-hybridized carbons (Fsp3) is 0.769. The fourth-order valence-corrected chi connectivity index (χ4v) is 3.21. The van der Waals surface area contributed by atoms with Gasteiger partial charge in [0.2, 0.25) is 0 Å². The van der Waals surface area contributed by atoms with E-state index in [1.165, 1.54) is 30.6 Å². The van der Waals surface area contributed by atoms with Crippen LogP contribution in [0, 0.1) is 6.92 Å². The third kappa shape index (κ3) is 3.76. The van der Waals surface area contributed by atoms with Crippen molar-refractivity contribution in [2.45, 2.75) is 51.7 Å². The number of rotatable bonds is 6. The lowest BCUT2D eigenvalue weighted by molar-refractivity contribution is 0.0594. The van der Waals surface area contributed by atoms with Gasteiger partial charge in [-0.2, -0.15) is 0 Å². The van der Waals surface area contributed by atoms with E-state index in [2.05, 4.69) is 24.1 Å². The van der Waals surface area contributed by atoms with Crippen molar-refractivity contribution in [1.82, 2.24) is 10.3 Å². The Labute approximate surface area is 108 Å². The zero-order chi connectivity index (χ0) is 12.1. The molecule has 0 bridgehead atoms. The molecular formula is C13H22N2OS. The summed E-state index contributed by atoms with van der Waals surface area (Å²) in [5.41, 5.74) is 3.06. The molecule has 0 aliphatic heterocycles. The summed E-state index contributed by atoms with van der Waals surface area (Å²) in [6.45, 7) is 6.01. The number of nitrogens with zero attached hydrogens (tertiary/aromatic N) is 1.